The van der Waals surface area contributed by atoms with Gasteiger partial charge in [-0.1, -0.05) is 12.1 Å². The van der Waals surface area contributed by atoms with E-state index in [0.29, 0.717) is 5.69 Å². The normalized spacial score (nSPS) is 15.4. The van der Waals surface area contributed by atoms with Crippen LogP contribution in [0.2, 0.25) is 0 Å². The van der Waals surface area contributed by atoms with E-state index >= 15 is 0 Å². The lowest BCUT2D eigenvalue weighted by atomic mass is 9.95. The third kappa shape index (κ3) is 4.42. The standard InChI is InChI=1S/C21H24N4O3/c26-19(17-11-14-5-1-2-7-18(14)25-20(17)27)22-12-13-4-3-6-16(10-13)24-21(28)23-15-8-9-15/h3-4,6,10-11,15H,1-2,5,7-9,12H2,(H,22,26)(H,25,27)(H2,23,24,28). The second-order valence-corrected chi connectivity index (χ2v) is 7.48. The molecule has 2 aromatic rings. The molecule has 1 aromatic carbocycles. The number of aromatic nitrogens is 1. The van der Waals surface area contributed by atoms with Crippen molar-refractivity contribution in [3.8, 4) is 0 Å². The van der Waals surface area contributed by atoms with Crippen molar-refractivity contribution in [3.05, 3.63) is 63.1 Å². The highest BCUT2D eigenvalue weighted by Crippen LogP contribution is 2.20. The van der Waals surface area contributed by atoms with Crippen LogP contribution in [0.1, 0.15) is 52.9 Å². The predicted molar refractivity (Wildman–Crippen MR) is 106 cm³/mol. The topological polar surface area (TPSA) is 103 Å². The number of aryl methyl sites for hydroxylation is 2. The zero-order chi connectivity index (χ0) is 19.5. The Bertz CT molecular complexity index is 962. The third-order valence-electron chi connectivity index (χ3n) is 5.13. The highest BCUT2D eigenvalue weighted by atomic mass is 16.2. The van der Waals surface area contributed by atoms with Crippen LogP contribution in [0.5, 0.6) is 0 Å². The maximum absolute atomic E-state index is 12.5. The summed E-state index contributed by atoms with van der Waals surface area (Å²) >= 11 is 0. The van der Waals surface area contributed by atoms with Gasteiger partial charge in [-0.05, 0) is 67.9 Å². The Morgan fingerprint density at radius 3 is 2.75 bits per heavy atom. The van der Waals surface area contributed by atoms with Crippen LogP contribution in [-0.2, 0) is 19.4 Å². The van der Waals surface area contributed by atoms with E-state index < -0.39 is 0 Å². The first-order chi connectivity index (χ1) is 13.6. The number of carbonyl (C=O) groups is 2. The maximum atomic E-state index is 12.5. The van der Waals surface area contributed by atoms with Crippen molar-refractivity contribution in [3.63, 3.8) is 0 Å². The Labute approximate surface area is 162 Å². The van der Waals surface area contributed by atoms with Gasteiger partial charge in [0, 0.05) is 24.0 Å². The number of hydrogen-bond acceptors (Lipinski definition) is 3. The first-order valence-electron chi connectivity index (χ1n) is 9.78. The van der Waals surface area contributed by atoms with E-state index in [1.54, 1.807) is 12.1 Å². The molecule has 4 rings (SSSR count). The van der Waals surface area contributed by atoms with Gasteiger partial charge in [0.1, 0.15) is 5.56 Å². The summed E-state index contributed by atoms with van der Waals surface area (Å²) in [6, 6.07) is 9.08. The Hall–Kier alpha value is -3.09. The molecule has 0 spiro atoms. The van der Waals surface area contributed by atoms with Gasteiger partial charge in [0.25, 0.3) is 11.5 Å². The number of H-pyrrole nitrogens is 1. The molecule has 7 heteroatoms. The van der Waals surface area contributed by atoms with Gasteiger partial charge in [0.2, 0.25) is 0 Å². The summed E-state index contributed by atoms with van der Waals surface area (Å²) in [6.45, 7) is 0.273. The smallest absolute Gasteiger partial charge is 0.319 e. The predicted octanol–water partition coefficient (Wildman–Crippen LogP) is 2.47. The van der Waals surface area contributed by atoms with Crippen LogP contribution in [-0.4, -0.2) is 23.0 Å². The number of benzene rings is 1. The molecule has 146 valence electrons. The van der Waals surface area contributed by atoms with Crippen molar-refractivity contribution in [1.82, 2.24) is 15.6 Å². The van der Waals surface area contributed by atoms with Crippen LogP contribution in [0.4, 0.5) is 10.5 Å². The molecule has 0 atom stereocenters. The molecule has 1 saturated carbocycles. The summed E-state index contributed by atoms with van der Waals surface area (Å²) in [5.74, 6) is -0.389. The number of aromatic amines is 1. The van der Waals surface area contributed by atoms with E-state index in [9.17, 15) is 14.4 Å². The summed E-state index contributed by atoms with van der Waals surface area (Å²) < 4.78 is 0. The van der Waals surface area contributed by atoms with Gasteiger partial charge in [-0.3, -0.25) is 9.59 Å². The molecule has 2 aliphatic carbocycles. The first kappa shape index (κ1) is 18.3. The van der Waals surface area contributed by atoms with E-state index in [1.807, 2.05) is 18.2 Å². The van der Waals surface area contributed by atoms with E-state index in [2.05, 4.69) is 20.9 Å². The molecule has 0 bridgehead atoms. The van der Waals surface area contributed by atoms with Gasteiger partial charge in [0.15, 0.2) is 0 Å². The lowest BCUT2D eigenvalue weighted by Gasteiger charge is -2.16. The molecule has 7 nitrogen and oxygen atoms in total. The minimum atomic E-state index is -0.389. The molecule has 1 heterocycles. The van der Waals surface area contributed by atoms with Gasteiger partial charge in [0.05, 0.1) is 0 Å². The van der Waals surface area contributed by atoms with Crippen LogP contribution in [0.3, 0.4) is 0 Å². The Morgan fingerprint density at radius 2 is 1.93 bits per heavy atom. The fraction of sp³-hybridized carbons (Fsp3) is 0.381. The number of carbonyl (C=O) groups excluding carboxylic acids is 2. The van der Waals surface area contributed by atoms with Crippen LogP contribution in [0, 0.1) is 0 Å². The van der Waals surface area contributed by atoms with Crippen molar-refractivity contribution >= 4 is 17.6 Å². The fourth-order valence-electron chi connectivity index (χ4n) is 3.46. The fourth-order valence-corrected chi connectivity index (χ4v) is 3.46. The summed E-state index contributed by atoms with van der Waals surface area (Å²) in [5.41, 5.74) is 3.33. The second-order valence-electron chi connectivity index (χ2n) is 7.48. The highest BCUT2D eigenvalue weighted by molar-refractivity contribution is 5.94. The first-order valence-corrected chi connectivity index (χ1v) is 9.78. The molecular formula is C21H24N4O3. The third-order valence-corrected chi connectivity index (χ3v) is 5.13. The number of pyridine rings is 1. The summed E-state index contributed by atoms with van der Waals surface area (Å²) in [7, 11) is 0. The number of fused-ring (bicyclic) bond motifs is 1. The molecule has 3 amide bonds. The zero-order valence-electron chi connectivity index (χ0n) is 15.6. The summed E-state index contributed by atoms with van der Waals surface area (Å²) in [4.78, 5) is 39.5. The van der Waals surface area contributed by atoms with Crippen molar-refractivity contribution in [2.45, 2.75) is 51.1 Å². The van der Waals surface area contributed by atoms with Gasteiger partial charge in [-0.2, -0.15) is 0 Å². The van der Waals surface area contributed by atoms with Crippen LogP contribution < -0.4 is 21.5 Å². The number of anilines is 1. The average molecular weight is 380 g/mol. The molecule has 0 aliphatic heterocycles. The van der Waals surface area contributed by atoms with Crippen LogP contribution in [0.15, 0.2) is 35.1 Å². The van der Waals surface area contributed by atoms with E-state index in [4.69, 9.17) is 0 Å². The lowest BCUT2D eigenvalue weighted by molar-refractivity contribution is 0.0949. The summed E-state index contributed by atoms with van der Waals surface area (Å²) in [6.07, 6.45) is 5.96. The zero-order valence-corrected chi connectivity index (χ0v) is 15.6. The van der Waals surface area contributed by atoms with Crippen LogP contribution >= 0.6 is 0 Å². The second kappa shape index (κ2) is 7.88. The molecule has 1 fully saturated rings. The molecule has 0 unspecified atom stereocenters. The number of nitrogens with one attached hydrogen (secondary N) is 4. The molecular weight excluding hydrogens is 356 g/mol. The van der Waals surface area contributed by atoms with Crippen molar-refractivity contribution < 1.29 is 9.59 Å². The van der Waals surface area contributed by atoms with Crippen molar-refractivity contribution in [1.29, 1.82) is 0 Å². The van der Waals surface area contributed by atoms with Gasteiger partial charge in [-0.25, -0.2) is 4.79 Å². The largest absolute Gasteiger partial charge is 0.348 e. The minimum absolute atomic E-state index is 0.152. The van der Waals surface area contributed by atoms with E-state index in [1.165, 1.54) is 0 Å². The monoisotopic (exact) mass is 380 g/mol. The van der Waals surface area contributed by atoms with E-state index in [-0.39, 0.29) is 35.6 Å². The quantitative estimate of drug-likeness (QED) is 0.641. The molecule has 0 radical (unpaired) electrons. The van der Waals surface area contributed by atoms with Crippen molar-refractivity contribution in [2.75, 3.05) is 5.32 Å². The molecule has 2 aliphatic rings. The lowest BCUT2D eigenvalue weighted by Crippen LogP contribution is -2.31. The average Bonchev–Trinajstić information content (AvgIpc) is 3.49. The molecule has 4 N–H and O–H groups in total. The van der Waals surface area contributed by atoms with Gasteiger partial charge >= 0.3 is 6.03 Å². The Morgan fingerprint density at radius 1 is 1.11 bits per heavy atom. The number of rotatable bonds is 5. The SMILES string of the molecule is O=C(Nc1cccc(CNC(=O)c2cc3c([nH]c2=O)CCCC3)c1)NC1CC1. The Balaban J connectivity index is 1.39. The number of hydrogen-bond donors (Lipinski definition) is 4. The highest BCUT2D eigenvalue weighted by Gasteiger charge is 2.23. The van der Waals surface area contributed by atoms with Crippen LogP contribution in [0.25, 0.3) is 0 Å². The molecule has 28 heavy (non-hydrogen) atoms. The van der Waals surface area contributed by atoms with E-state index in [0.717, 1.165) is 55.3 Å². The minimum Gasteiger partial charge on any atom is -0.348 e. The number of amides is 3. The maximum Gasteiger partial charge on any atom is 0.319 e. The number of urea groups is 1. The molecule has 0 saturated heterocycles. The molecule has 1 aromatic heterocycles. The van der Waals surface area contributed by atoms with Gasteiger partial charge < -0.3 is 20.9 Å². The van der Waals surface area contributed by atoms with Crippen molar-refractivity contribution in [2.24, 2.45) is 0 Å². The Kier molecular flexibility index (Phi) is 5.14. The van der Waals surface area contributed by atoms with Gasteiger partial charge in [-0.15, -0.1) is 0 Å². The summed E-state index contributed by atoms with van der Waals surface area (Å²) in [5, 5.41) is 8.46.